The quantitative estimate of drug-likeness (QED) is 0.822. The van der Waals surface area contributed by atoms with Gasteiger partial charge in [-0.15, -0.1) is 0 Å². The van der Waals surface area contributed by atoms with Gasteiger partial charge in [0, 0.05) is 51.2 Å². The van der Waals surface area contributed by atoms with Crippen LogP contribution in [0.2, 0.25) is 0 Å². The number of anilines is 1. The van der Waals surface area contributed by atoms with Gasteiger partial charge in [0.15, 0.2) is 0 Å². The van der Waals surface area contributed by atoms with Crippen molar-refractivity contribution >= 4 is 17.7 Å². The van der Waals surface area contributed by atoms with E-state index in [4.69, 9.17) is 4.74 Å². The zero-order valence-corrected chi connectivity index (χ0v) is 14.7. The van der Waals surface area contributed by atoms with Crippen LogP contribution in [-0.4, -0.2) is 72.7 Å². The minimum Gasteiger partial charge on any atom is -0.450 e. The van der Waals surface area contributed by atoms with Gasteiger partial charge in [-0.3, -0.25) is 9.78 Å². The number of pyridine rings is 1. The molecule has 2 heterocycles. The molecule has 1 aliphatic heterocycles. The Hall–Kier alpha value is -2.31. The minimum atomic E-state index is -0.260. The molecule has 7 nitrogen and oxygen atoms in total. The fraction of sp³-hybridized carbons (Fsp3) is 0.588. The minimum absolute atomic E-state index is 0.0491. The molecular weight excluding hydrogens is 308 g/mol. The van der Waals surface area contributed by atoms with Crippen molar-refractivity contribution in [3.63, 3.8) is 0 Å². The normalized spacial score (nSPS) is 14.5. The van der Waals surface area contributed by atoms with Gasteiger partial charge in [-0.25, -0.2) is 4.79 Å². The van der Waals surface area contributed by atoms with Crippen LogP contribution in [-0.2, 0) is 4.74 Å². The highest BCUT2D eigenvalue weighted by Gasteiger charge is 2.23. The van der Waals surface area contributed by atoms with Crippen LogP contribution in [0.15, 0.2) is 18.3 Å². The average molecular weight is 334 g/mol. The van der Waals surface area contributed by atoms with Crippen LogP contribution in [0.3, 0.4) is 0 Å². The van der Waals surface area contributed by atoms with Crippen molar-refractivity contribution in [1.82, 2.24) is 14.8 Å². The van der Waals surface area contributed by atoms with Gasteiger partial charge in [0.2, 0.25) is 0 Å². The summed E-state index contributed by atoms with van der Waals surface area (Å²) in [5.41, 5.74) is 1.42. The van der Waals surface area contributed by atoms with Gasteiger partial charge in [0.1, 0.15) is 5.69 Å². The van der Waals surface area contributed by atoms with E-state index in [2.05, 4.69) is 9.88 Å². The predicted molar refractivity (Wildman–Crippen MR) is 92.3 cm³/mol. The monoisotopic (exact) mass is 334 g/mol. The number of hydrogen-bond donors (Lipinski definition) is 0. The van der Waals surface area contributed by atoms with Crippen molar-refractivity contribution in [1.29, 1.82) is 0 Å². The van der Waals surface area contributed by atoms with Crippen molar-refractivity contribution in [3.8, 4) is 0 Å². The summed E-state index contributed by atoms with van der Waals surface area (Å²) in [6.07, 6.45) is 1.41. The summed E-state index contributed by atoms with van der Waals surface area (Å²) in [6, 6.07) is 3.74. The molecular formula is C17H26N4O3. The summed E-state index contributed by atoms with van der Waals surface area (Å²) in [5.74, 6) is -0.0491. The van der Waals surface area contributed by atoms with Crippen LogP contribution in [0.5, 0.6) is 0 Å². The van der Waals surface area contributed by atoms with Gasteiger partial charge in [-0.1, -0.05) is 0 Å². The van der Waals surface area contributed by atoms with Crippen LogP contribution in [0.1, 0.15) is 31.3 Å². The molecule has 0 spiro atoms. The summed E-state index contributed by atoms with van der Waals surface area (Å²) < 4.78 is 5.03. The Labute approximate surface area is 143 Å². The Kier molecular flexibility index (Phi) is 6.40. The highest BCUT2D eigenvalue weighted by Crippen LogP contribution is 2.18. The fourth-order valence-electron chi connectivity index (χ4n) is 2.77. The van der Waals surface area contributed by atoms with E-state index in [1.54, 1.807) is 22.9 Å². The topological polar surface area (TPSA) is 66.0 Å². The molecule has 0 bridgehead atoms. The largest absolute Gasteiger partial charge is 0.450 e. The zero-order valence-electron chi connectivity index (χ0n) is 14.7. The Morgan fingerprint density at radius 2 is 1.83 bits per heavy atom. The second-order valence-electron chi connectivity index (χ2n) is 5.55. The highest BCUT2D eigenvalue weighted by molar-refractivity contribution is 5.93. The van der Waals surface area contributed by atoms with Gasteiger partial charge >= 0.3 is 6.09 Å². The number of carbonyl (C=O) groups is 2. The molecule has 1 saturated heterocycles. The fourth-order valence-corrected chi connectivity index (χ4v) is 2.77. The van der Waals surface area contributed by atoms with Gasteiger partial charge in [-0.2, -0.15) is 0 Å². The maximum atomic E-state index is 12.4. The van der Waals surface area contributed by atoms with Gasteiger partial charge in [0.05, 0.1) is 6.61 Å². The first-order valence-corrected chi connectivity index (χ1v) is 8.52. The number of nitrogens with zero attached hydrogens (tertiary/aromatic N) is 4. The maximum Gasteiger partial charge on any atom is 0.409 e. The third-order valence-electron chi connectivity index (χ3n) is 4.18. The molecule has 0 aromatic carbocycles. The Morgan fingerprint density at radius 1 is 1.17 bits per heavy atom. The molecule has 1 aliphatic rings. The molecule has 24 heavy (non-hydrogen) atoms. The first kappa shape index (κ1) is 18.0. The number of carbonyl (C=O) groups excluding carboxylic acids is 2. The lowest BCUT2D eigenvalue weighted by molar-refractivity contribution is 0.0767. The summed E-state index contributed by atoms with van der Waals surface area (Å²) in [6.45, 7) is 10.1. The Bertz CT molecular complexity index is 567. The molecule has 2 amide bonds. The number of aromatic nitrogens is 1. The van der Waals surface area contributed by atoms with E-state index in [1.807, 2.05) is 26.0 Å². The molecule has 2 rings (SSSR count). The van der Waals surface area contributed by atoms with Crippen LogP contribution >= 0.6 is 0 Å². The number of ether oxygens (including phenoxy) is 1. The van der Waals surface area contributed by atoms with Crippen molar-refractivity contribution in [2.24, 2.45) is 0 Å². The second-order valence-corrected chi connectivity index (χ2v) is 5.55. The highest BCUT2D eigenvalue weighted by atomic mass is 16.6. The lowest BCUT2D eigenvalue weighted by Crippen LogP contribution is -2.49. The predicted octanol–water partition coefficient (Wildman–Crippen LogP) is 1.84. The molecule has 1 aromatic heterocycles. The number of piperazine rings is 1. The Balaban J connectivity index is 2.02. The van der Waals surface area contributed by atoms with Crippen LogP contribution in [0.25, 0.3) is 0 Å². The molecule has 0 saturated carbocycles. The van der Waals surface area contributed by atoms with E-state index < -0.39 is 0 Å². The van der Waals surface area contributed by atoms with E-state index >= 15 is 0 Å². The van der Waals surface area contributed by atoms with Crippen LogP contribution < -0.4 is 4.90 Å². The van der Waals surface area contributed by atoms with Crippen molar-refractivity contribution in [3.05, 3.63) is 24.0 Å². The van der Waals surface area contributed by atoms with Crippen molar-refractivity contribution < 1.29 is 14.3 Å². The molecule has 0 atom stereocenters. The first-order chi connectivity index (χ1) is 11.6. The van der Waals surface area contributed by atoms with Gasteiger partial charge in [-0.05, 0) is 32.9 Å². The van der Waals surface area contributed by atoms with Gasteiger partial charge in [0.25, 0.3) is 5.91 Å². The molecule has 0 unspecified atom stereocenters. The van der Waals surface area contributed by atoms with Crippen LogP contribution in [0, 0.1) is 0 Å². The smallest absolute Gasteiger partial charge is 0.409 e. The lowest BCUT2D eigenvalue weighted by atomic mass is 10.2. The molecule has 132 valence electrons. The van der Waals surface area contributed by atoms with Gasteiger partial charge < -0.3 is 19.4 Å². The third-order valence-corrected chi connectivity index (χ3v) is 4.18. The standard InChI is InChI=1S/C17H26N4O3/c1-4-19(5-2)16(22)15-13-14(7-8-18-15)20-9-11-21(12-10-20)17(23)24-6-3/h7-8,13H,4-6,9-12H2,1-3H3. The maximum absolute atomic E-state index is 12.4. The first-order valence-electron chi connectivity index (χ1n) is 8.52. The van der Waals surface area contributed by atoms with E-state index in [9.17, 15) is 9.59 Å². The molecule has 0 N–H and O–H groups in total. The zero-order chi connectivity index (χ0) is 17.5. The summed E-state index contributed by atoms with van der Waals surface area (Å²) in [5, 5.41) is 0. The second kappa shape index (κ2) is 8.52. The molecule has 0 aliphatic carbocycles. The van der Waals surface area contributed by atoms with E-state index in [0.29, 0.717) is 51.6 Å². The number of rotatable bonds is 5. The molecule has 1 aromatic rings. The number of hydrogen-bond acceptors (Lipinski definition) is 5. The van der Waals surface area contributed by atoms with E-state index in [-0.39, 0.29) is 12.0 Å². The summed E-state index contributed by atoms with van der Waals surface area (Å²) >= 11 is 0. The SMILES string of the molecule is CCOC(=O)N1CCN(c2ccnc(C(=O)N(CC)CC)c2)CC1. The molecule has 0 radical (unpaired) electrons. The lowest BCUT2D eigenvalue weighted by Gasteiger charge is -2.35. The van der Waals surface area contributed by atoms with E-state index in [1.165, 1.54) is 0 Å². The third kappa shape index (κ3) is 4.15. The Morgan fingerprint density at radius 3 is 2.42 bits per heavy atom. The summed E-state index contributed by atoms with van der Waals surface area (Å²) in [7, 11) is 0. The van der Waals surface area contributed by atoms with Crippen molar-refractivity contribution in [2.45, 2.75) is 20.8 Å². The molecule has 1 fully saturated rings. The summed E-state index contributed by atoms with van der Waals surface area (Å²) in [4.78, 5) is 34.0. The molecule has 7 heteroatoms. The number of amides is 2. The van der Waals surface area contributed by atoms with E-state index in [0.717, 1.165) is 5.69 Å². The van der Waals surface area contributed by atoms with Crippen LogP contribution in [0.4, 0.5) is 10.5 Å². The average Bonchev–Trinajstić information content (AvgIpc) is 2.63. The van der Waals surface area contributed by atoms with Crippen molar-refractivity contribution in [2.75, 3.05) is 50.8 Å².